The van der Waals surface area contributed by atoms with Crippen molar-refractivity contribution in [3.05, 3.63) is 58.8 Å². The largest absolute Gasteiger partial charge is 0.493 e. The first kappa shape index (κ1) is 31.6. The van der Waals surface area contributed by atoms with E-state index in [0.717, 1.165) is 5.56 Å². The highest BCUT2D eigenvalue weighted by Gasteiger charge is 2.29. The maximum Gasteiger partial charge on any atom is 0.316 e. The SMILES string of the molecule is CCOc1cc(OC(=O)C(C)(C)C)c(C(C)(C)C)cc1C=C(OC)C(=O)c1ccc(OC(=O)C(C)(C)C)cc1. The van der Waals surface area contributed by atoms with Gasteiger partial charge in [0.1, 0.15) is 17.2 Å². The van der Waals surface area contributed by atoms with Gasteiger partial charge in [0.2, 0.25) is 5.78 Å². The number of ether oxygens (including phenoxy) is 4. The molecule has 212 valence electrons. The van der Waals surface area contributed by atoms with Crippen LogP contribution < -0.4 is 14.2 Å². The highest BCUT2D eigenvalue weighted by molar-refractivity contribution is 6.10. The van der Waals surface area contributed by atoms with E-state index in [1.807, 2.05) is 33.8 Å². The summed E-state index contributed by atoms with van der Waals surface area (Å²) in [5.41, 5.74) is 0.0451. The lowest BCUT2D eigenvalue weighted by molar-refractivity contribution is -0.143. The van der Waals surface area contributed by atoms with Crippen molar-refractivity contribution < 1.29 is 33.3 Å². The lowest BCUT2D eigenvalue weighted by Crippen LogP contribution is -2.27. The highest BCUT2D eigenvalue weighted by atomic mass is 16.5. The first-order valence-corrected chi connectivity index (χ1v) is 13.0. The number of esters is 2. The third kappa shape index (κ3) is 8.44. The van der Waals surface area contributed by atoms with Gasteiger partial charge in [-0.15, -0.1) is 0 Å². The lowest BCUT2D eigenvalue weighted by Gasteiger charge is -2.26. The molecule has 0 saturated heterocycles. The average Bonchev–Trinajstić information content (AvgIpc) is 2.81. The summed E-state index contributed by atoms with van der Waals surface area (Å²) in [7, 11) is 1.42. The zero-order valence-electron chi connectivity index (χ0n) is 25.1. The molecule has 0 spiro atoms. The molecule has 2 aromatic carbocycles. The van der Waals surface area contributed by atoms with Gasteiger partial charge in [0.15, 0.2) is 5.76 Å². The second-order valence-electron chi connectivity index (χ2n) is 12.4. The van der Waals surface area contributed by atoms with E-state index in [1.165, 1.54) is 7.11 Å². The van der Waals surface area contributed by atoms with Crippen LogP contribution in [0.15, 0.2) is 42.2 Å². The van der Waals surface area contributed by atoms with Crippen molar-refractivity contribution in [2.75, 3.05) is 13.7 Å². The highest BCUT2D eigenvalue weighted by Crippen LogP contribution is 2.39. The van der Waals surface area contributed by atoms with Gasteiger partial charge in [-0.3, -0.25) is 14.4 Å². The molecule has 0 amide bonds. The molecule has 0 bridgehead atoms. The Morgan fingerprint density at radius 1 is 0.769 bits per heavy atom. The van der Waals surface area contributed by atoms with Crippen molar-refractivity contribution in [3.63, 3.8) is 0 Å². The standard InChI is InChI=1S/C32H42O7/c1-12-37-24-19-25(39-29(35)32(8,9)10)23(30(2,3)4)17-21(24)18-26(36-11)27(33)20-13-15-22(16-14-20)38-28(34)31(5,6)7/h13-19H,12H2,1-11H3. The smallest absolute Gasteiger partial charge is 0.316 e. The summed E-state index contributed by atoms with van der Waals surface area (Å²) >= 11 is 0. The minimum Gasteiger partial charge on any atom is -0.493 e. The molecule has 7 heteroatoms. The summed E-state index contributed by atoms with van der Waals surface area (Å²) in [6, 6.07) is 9.87. The quantitative estimate of drug-likeness (QED) is 0.116. The number of ketones is 1. The maximum absolute atomic E-state index is 13.3. The Labute approximate surface area is 232 Å². The predicted molar refractivity (Wildman–Crippen MR) is 152 cm³/mol. The minimum absolute atomic E-state index is 0.0923. The number of rotatable bonds is 8. The normalized spacial score (nSPS) is 12.5. The number of carbonyl (C=O) groups excluding carboxylic acids is 3. The zero-order chi connectivity index (χ0) is 29.8. The van der Waals surface area contributed by atoms with E-state index in [-0.39, 0.29) is 28.9 Å². The van der Waals surface area contributed by atoms with E-state index in [2.05, 4.69) is 0 Å². The molecular weight excluding hydrogens is 496 g/mol. The van der Waals surface area contributed by atoms with Crippen molar-refractivity contribution in [1.29, 1.82) is 0 Å². The molecule has 0 unspecified atom stereocenters. The summed E-state index contributed by atoms with van der Waals surface area (Å²) in [5, 5.41) is 0. The molecule has 39 heavy (non-hydrogen) atoms. The van der Waals surface area contributed by atoms with Crippen LogP contribution in [0.5, 0.6) is 17.2 Å². The molecule has 2 rings (SSSR count). The Hall–Kier alpha value is -3.61. The predicted octanol–water partition coefficient (Wildman–Crippen LogP) is 7.16. The van der Waals surface area contributed by atoms with E-state index in [0.29, 0.717) is 35.0 Å². The van der Waals surface area contributed by atoms with Gasteiger partial charge in [0, 0.05) is 22.8 Å². The Morgan fingerprint density at radius 2 is 1.31 bits per heavy atom. The summed E-state index contributed by atoms with van der Waals surface area (Å²) in [6.45, 7) is 19.0. The van der Waals surface area contributed by atoms with Crippen LogP contribution in [0.2, 0.25) is 0 Å². The van der Waals surface area contributed by atoms with Crippen molar-refractivity contribution in [3.8, 4) is 17.2 Å². The molecule has 0 saturated carbocycles. The Morgan fingerprint density at radius 3 is 1.77 bits per heavy atom. The van der Waals surface area contributed by atoms with Crippen LogP contribution >= 0.6 is 0 Å². The second-order valence-corrected chi connectivity index (χ2v) is 12.4. The molecule has 0 heterocycles. The second kappa shape index (κ2) is 12.1. The first-order chi connectivity index (χ1) is 17.9. The number of hydrogen-bond acceptors (Lipinski definition) is 7. The Balaban J connectivity index is 2.52. The number of allylic oxidation sites excluding steroid dienone is 1. The van der Waals surface area contributed by atoms with E-state index in [4.69, 9.17) is 18.9 Å². The van der Waals surface area contributed by atoms with Crippen LogP contribution in [0, 0.1) is 10.8 Å². The first-order valence-electron chi connectivity index (χ1n) is 13.0. The van der Waals surface area contributed by atoms with Crippen molar-refractivity contribution in [2.24, 2.45) is 10.8 Å². The van der Waals surface area contributed by atoms with Gasteiger partial charge >= 0.3 is 11.9 Å². The van der Waals surface area contributed by atoms with Crippen LogP contribution in [-0.2, 0) is 19.7 Å². The Bertz CT molecular complexity index is 1230. The van der Waals surface area contributed by atoms with Crippen molar-refractivity contribution >= 4 is 23.8 Å². The summed E-state index contributed by atoms with van der Waals surface area (Å²) < 4.78 is 22.6. The topological polar surface area (TPSA) is 88.1 Å². The summed E-state index contributed by atoms with van der Waals surface area (Å²) in [5.74, 6) is 0.228. The van der Waals surface area contributed by atoms with E-state index in [9.17, 15) is 14.4 Å². The maximum atomic E-state index is 13.3. The molecule has 2 aromatic rings. The number of Topliss-reactive ketones (excluding diaryl/α,β-unsaturated/α-hetero) is 1. The fraction of sp³-hybridized carbons (Fsp3) is 0.469. The molecule has 0 atom stereocenters. The molecule has 0 aliphatic heterocycles. The van der Waals surface area contributed by atoms with Gasteiger partial charge in [-0.25, -0.2) is 0 Å². The number of benzene rings is 2. The number of carbonyl (C=O) groups is 3. The molecule has 0 N–H and O–H groups in total. The van der Waals surface area contributed by atoms with Gasteiger partial charge in [-0.1, -0.05) is 20.8 Å². The van der Waals surface area contributed by atoms with Crippen LogP contribution in [0.4, 0.5) is 0 Å². The van der Waals surface area contributed by atoms with Gasteiger partial charge in [0.25, 0.3) is 0 Å². The van der Waals surface area contributed by atoms with Crippen LogP contribution in [0.1, 0.15) is 90.7 Å². The van der Waals surface area contributed by atoms with E-state index < -0.39 is 10.8 Å². The molecule has 0 fully saturated rings. The minimum atomic E-state index is -0.685. The zero-order valence-corrected chi connectivity index (χ0v) is 25.1. The van der Waals surface area contributed by atoms with Crippen molar-refractivity contribution in [2.45, 2.75) is 74.7 Å². The molecule has 7 nitrogen and oxygen atoms in total. The fourth-order valence-electron chi connectivity index (χ4n) is 3.33. The number of methoxy groups -OCH3 is 1. The average molecular weight is 539 g/mol. The van der Waals surface area contributed by atoms with Gasteiger partial charge in [-0.2, -0.15) is 0 Å². The van der Waals surface area contributed by atoms with E-state index in [1.54, 1.807) is 78.0 Å². The summed E-state index contributed by atoms with van der Waals surface area (Å²) in [4.78, 5) is 38.2. The van der Waals surface area contributed by atoms with Crippen molar-refractivity contribution in [1.82, 2.24) is 0 Å². The van der Waals surface area contributed by atoms with Gasteiger partial charge in [0.05, 0.1) is 24.5 Å². The fourth-order valence-corrected chi connectivity index (χ4v) is 3.33. The Kier molecular flexibility index (Phi) is 9.77. The van der Waals surface area contributed by atoms with Crippen LogP contribution in [-0.4, -0.2) is 31.4 Å². The molecule has 0 aliphatic carbocycles. The molecule has 0 aliphatic rings. The molecular formula is C32H42O7. The monoisotopic (exact) mass is 538 g/mol. The van der Waals surface area contributed by atoms with Crippen LogP contribution in [0.3, 0.4) is 0 Å². The summed E-state index contributed by atoms with van der Waals surface area (Å²) in [6.07, 6.45) is 1.62. The van der Waals surface area contributed by atoms with Gasteiger partial charge < -0.3 is 18.9 Å². The van der Waals surface area contributed by atoms with Gasteiger partial charge in [-0.05, 0) is 90.3 Å². The molecule has 0 radical (unpaired) electrons. The third-order valence-corrected chi connectivity index (χ3v) is 5.70. The van der Waals surface area contributed by atoms with Crippen LogP contribution in [0.25, 0.3) is 6.08 Å². The number of hydrogen-bond donors (Lipinski definition) is 0. The lowest BCUT2D eigenvalue weighted by atomic mass is 9.84. The van der Waals surface area contributed by atoms with E-state index >= 15 is 0 Å². The third-order valence-electron chi connectivity index (χ3n) is 5.70. The molecule has 0 aromatic heterocycles.